The molecular formula is C73H58N2. The predicted octanol–water partition coefficient (Wildman–Crippen LogP) is 19.6. The molecule has 0 aliphatic heterocycles. The molecule has 2 nitrogen and oxygen atoms in total. The van der Waals surface area contributed by atoms with Gasteiger partial charge in [0.1, 0.15) is 6.17 Å². The highest BCUT2D eigenvalue weighted by Crippen LogP contribution is 2.51. The van der Waals surface area contributed by atoms with Crippen molar-refractivity contribution >= 4 is 11.4 Å². The van der Waals surface area contributed by atoms with Crippen molar-refractivity contribution in [2.24, 2.45) is 4.99 Å². The highest BCUT2D eigenvalue weighted by atomic mass is 15.1. The Morgan fingerprint density at radius 2 is 0.760 bits per heavy atom. The molecule has 0 heterocycles. The molecule has 1 N–H and O–H groups in total. The second kappa shape index (κ2) is 22.6. The lowest BCUT2D eigenvalue weighted by atomic mass is 9.78. The molecule has 11 aromatic rings. The van der Waals surface area contributed by atoms with Crippen LogP contribution in [0.15, 0.2) is 296 Å². The quantitative estimate of drug-likeness (QED) is 0.102. The lowest BCUT2D eigenvalue weighted by Gasteiger charge is -2.25. The van der Waals surface area contributed by atoms with E-state index in [1.54, 1.807) is 0 Å². The summed E-state index contributed by atoms with van der Waals surface area (Å²) in [6, 6.07) is 103. The second-order valence-electron chi connectivity index (χ2n) is 18.9. The Kier molecular flexibility index (Phi) is 14.4. The molecule has 1 atom stereocenters. The van der Waals surface area contributed by atoms with Gasteiger partial charge in [-0.15, -0.1) is 0 Å². The number of aliphatic imine (C=N–C) groups is 1. The van der Waals surface area contributed by atoms with Crippen molar-refractivity contribution in [3.8, 4) is 89.0 Å². The molecular weight excluding hydrogens is 905 g/mol. The zero-order valence-corrected chi connectivity index (χ0v) is 42.4. The molecule has 0 spiro atoms. The van der Waals surface area contributed by atoms with Gasteiger partial charge in [-0.2, -0.15) is 0 Å². The Hall–Kier alpha value is -9.37. The standard InChI is InChI=1S/C73H58N2/c1-3-28-69(56-35-18-7-19-36-56)75-73(60-43-26-11-27-44-60)74-52(2)62-47-63(65-46-45-61(53-29-12-4-13-30-53)50-66(65)54-31-14-5-15-32-54)49-64(48-62)68-51-67(55-33-16-6-17-34-55)70(57-37-20-8-21-38-57)72(59-41-24-10-25-42-59)71(68)58-39-22-9-23-40-58/h4-51,73,75H,3H2,1-2H3/b69-28+,74-52+. The van der Waals surface area contributed by atoms with Crippen LogP contribution in [0.3, 0.4) is 0 Å². The van der Waals surface area contributed by atoms with Crippen LogP contribution in [0.1, 0.15) is 43.1 Å². The Labute approximate surface area is 442 Å². The van der Waals surface area contributed by atoms with Gasteiger partial charge in [0, 0.05) is 11.4 Å². The molecule has 11 rings (SSSR count). The van der Waals surface area contributed by atoms with Crippen molar-refractivity contribution < 1.29 is 0 Å². The van der Waals surface area contributed by atoms with Crippen molar-refractivity contribution in [1.29, 1.82) is 0 Å². The van der Waals surface area contributed by atoms with Crippen molar-refractivity contribution in [3.05, 3.63) is 308 Å². The second-order valence-corrected chi connectivity index (χ2v) is 18.9. The fourth-order valence-corrected chi connectivity index (χ4v) is 10.4. The van der Waals surface area contributed by atoms with E-state index in [9.17, 15) is 0 Å². The normalized spacial score (nSPS) is 12.0. The van der Waals surface area contributed by atoms with Gasteiger partial charge in [0.2, 0.25) is 0 Å². The van der Waals surface area contributed by atoms with E-state index in [4.69, 9.17) is 4.99 Å². The Bertz CT molecular complexity index is 3720. The van der Waals surface area contributed by atoms with Crippen LogP contribution < -0.4 is 5.32 Å². The lowest BCUT2D eigenvalue weighted by Crippen LogP contribution is -2.20. The number of rotatable bonds is 15. The summed E-state index contributed by atoms with van der Waals surface area (Å²) in [5.41, 5.74) is 23.6. The highest BCUT2D eigenvalue weighted by molar-refractivity contribution is 6.09. The molecule has 0 aliphatic rings. The van der Waals surface area contributed by atoms with Crippen molar-refractivity contribution in [2.75, 3.05) is 0 Å². The topological polar surface area (TPSA) is 24.4 Å². The van der Waals surface area contributed by atoms with E-state index in [0.717, 1.165) is 95.7 Å². The van der Waals surface area contributed by atoms with Crippen molar-refractivity contribution in [3.63, 3.8) is 0 Å². The van der Waals surface area contributed by atoms with E-state index in [1.165, 1.54) is 27.8 Å². The molecule has 0 saturated heterocycles. The molecule has 360 valence electrons. The van der Waals surface area contributed by atoms with Gasteiger partial charge >= 0.3 is 0 Å². The summed E-state index contributed by atoms with van der Waals surface area (Å²) in [4.78, 5) is 5.70. The summed E-state index contributed by atoms with van der Waals surface area (Å²) < 4.78 is 0. The molecule has 0 amide bonds. The molecule has 0 aromatic heterocycles. The van der Waals surface area contributed by atoms with Gasteiger partial charge in [-0.05, 0) is 149 Å². The summed E-state index contributed by atoms with van der Waals surface area (Å²) in [7, 11) is 0. The summed E-state index contributed by atoms with van der Waals surface area (Å²) in [6.07, 6.45) is 2.76. The van der Waals surface area contributed by atoms with E-state index in [-0.39, 0.29) is 6.17 Å². The van der Waals surface area contributed by atoms with Crippen LogP contribution in [0, 0.1) is 0 Å². The third-order valence-electron chi connectivity index (χ3n) is 14.0. The Morgan fingerprint density at radius 3 is 1.27 bits per heavy atom. The SMILES string of the molecule is CC/C=C(/NC(/N=C(\C)c1cc(-c2ccc(-c3ccccc3)cc2-c2ccccc2)cc(-c2cc(-c3ccccc3)c(-c3ccccc3)c(-c3ccccc3)c2-c2ccccc2)c1)c1ccccc1)c1ccccc1. The summed E-state index contributed by atoms with van der Waals surface area (Å²) in [6.45, 7) is 4.35. The first-order valence-corrected chi connectivity index (χ1v) is 26.0. The number of nitrogens with one attached hydrogen (secondary N) is 1. The summed E-state index contributed by atoms with van der Waals surface area (Å²) in [5, 5.41) is 3.91. The van der Waals surface area contributed by atoms with Gasteiger partial charge in [0.05, 0.1) is 0 Å². The summed E-state index contributed by atoms with van der Waals surface area (Å²) >= 11 is 0. The first-order chi connectivity index (χ1) is 37.1. The maximum absolute atomic E-state index is 5.70. The minimum absolute atomic E-state index is 0.374. The Morgan fingerprint density at radius 1 is 0.347 bits per heavy atom. The molecule has 0 saturated carbocycles. The van der Waals surface area contributed by atoms with Crippen LogP contribution in [0.2, 0.25) is 0 Å². The zero-order chi connectivity index (χ0) is 50.8. The molecule has 0 bridgehead atoms. The molecule has 11 aromatic carbocycles. The maximum Gasteiger partial charge on any atom is 0.145 e. The van der Waals surface area contributed by atoms with Crippen molar-refractivity contribution in [1.82, 2.24) is 5.32 Å². The van der Waals surface area contributed by atoms with Gasteiger partial charge in [0.15, 0.2) is 0 Å². The van der Waals surface area contributed by atoms with Crippen LogP contribution in [-0.4, -0.2) is 5.71 Å². The molecule has 0 aliphatic carbocycles. The average molecular weight is 963 g/mol. The van der Waals surface area contributed by atoms with Gasteiger partial charge in [0.25, 0.3) is 0 Å². The van der Waals surface area contributed by atoms with Crippen LogP contribution in [-0.2, 0) is 0 Å². The fourth-order valence-electron chi connectivity index (χ4n) is 10.4. The highest BCUT2D eigenvalue weighted by Gasteiger charge is 2.25. The molecule has 2 heteroatoms. The van der Waals surface area contributed by atoms with Crippen LogP contribution in [0.4, 0.5) is 0 Å². The van der Waals surface area contributed by atoms with E-state index < -0.39 is 0 Å². The average Bonchev–Trinajstić information content (AvgIpc) is 3.52. The summed E-state index contributed by atoms with van der Waals surface area (Å²) in [5.74, 6) is 0. The first-order valence-electron chi connectivity index (χ1n) is 26.0. The first kappa shape index (κ1) is 47.9. The van der Waals surface area contributed by atoms with Crippen LogP contribution >= 0.6 is 0 Å². The molecule has 1 unspecified atom stereocenters. The smallest absolute Gasteiger partial charge is 0.145 e. The van der Waals surface area contributed by atoms with E-state index >= 15 is 0 Å². The van der Waals surface area contributed by atoms with Crippen LogP contribution in [0.5, 0.6) is 0 Å². The molecule has 0 fully saturated rings. The van der Waals surface area contributed by atoms with E-state index in [0.29, 0.717) is 0 Å². The van der Waals surface area contributed by atoms with E-state index in [2.05, 4.69) is 310 Å². The maximum atomic E-state index is 5.70. The number of hydrogen-bond acceptors (Lipinski definition) is 2. The zero-order valence-electron chi connectivity index (χ0n) is 42.4. The molecule has 0 radical (unpaired) electrons. The van der Waals surface area contributed by atoms with Crippen LogP contribution in [0.25, 0.3) is 94.7 Å². The monoisotopic (exact) mass is 962 g/mol. The predicted molar refractivity (Wildman–Crippen MR) is 319 cm³/mol. The minimum atomic E-state index is -0.374. The number of nitrogens with zero attached hydrogens (tertiary/aromatic N) is 1. The number of hydrogen-bond donors (Lipinski definition) is 1. The van der Waals surface area contributed by atoms with E-state index in [1.807, 2.05) is 0 Å². The third-order valence-corrected chi connectivity index (χ3v) is 14.0. The van der Waals surface area contributed by atoms with Gasteiger partial charge in [-0.1, -0.05) is 268 Å². The minimum Gasteiger partial charge on any atom is -0.360 e. The Balaban J connectivity index is 1.23. The largest absolute Gasteiger partial charge is 0.360 e. The number of allylic oxidation sites excluding steroid dienone is 1. The van der Waals surface area contributed by atoms with Crippen molar-refractivity contribution in [2.45, 2.75) is 26.4 Å². The van der Waals surface area contributed by atoms with Gasteiger partial charge < -0.3 is 5.32 Å². The third kappa shape index (κ3) is 10.6. The fraction of sp³-hybridized carbons (Fsp3) is 0.0548. The lowest BCUT2D eigenvalue weighted by molar-refractivity contribution is 0.668. The van der Waals surface area contributed by atoms with Gasteiger partial charge in [-0.3, -0.25) is 4.99 Å². The molecule has 75 heavy (non-hydrogen) atoms. The van der Waals surface area contributed by atoms with Gasteiger partial charge in [-0.25, -0.2) is 0 Å². The number of benzene rings is 11.